The summed E-state index contributed by atoms with van der Waals surface area (Å²) in [5, 5.41) is -6.37. The first-order valence-electron chi connectivity index (χ1n) is 5.47. The van der Waals surface area contributed by atoms with E-state index in [2.05, 4.69) is 20.7 Å². The van der Waals surface area contributed by atoms with Crippen LogP contribution in [-0.4, -0.2) is 33.7 Å². The summed E-state index contributed by atoms with van der Waals surface area (Å²) in [5.74, 6) is -0.971. The molecule has 0 spiro atoms. The number of hydrogen-bond acceptors (Lipinski definition) is 5. The Hall–Kier alpha value is -0.533. The maximum absolute atomic E-state index is 13.5. The molecule has 26 heavy (non-hydrogen) atoms. The van der Waals surface area contributed by atoms with Crippen LogP contribution in [0.3, 0.4) is 0 Å². The minimum Gasteiger partial charge on any atom is -0.427 e. The number of rotatable bonds is 6. The van der Waals surface area contributed by atoms with Crippen molar-refractivity contribution in [2.24, 2.45) is 0 Å². The van der Waals surface area contributed by atoms with Crippen LogP contribution in [0.5, 0.6) is 5.75 Å². The summed E-state index contributed by atoms with van der Waals surface area (Å²) in [7, 11) is -14.0. The zero-order valence-corrected chi connectivity index (χ0v) is 15.4. The summed E-state index contributed by atoms with van der Waals surface area (Å²) < 4.78 is 137. The molecule has 0 saturated heterocycles. The molecule has 1 aromatic carbocycles. The Morgan fingerprint density at radius 1 is 0.846 bits per heavy atom. The standard InChI is InChI=1S/C9H5BrF7NO5S2.Li/c10-5-1-3-6(4-2-5)23-7(11,12)8(13,14)24(19,20)18-25(21,22)9(15,16)17;/h1-4,18H;/q;+1. The Morgan fingerprint density at radius 2 is 1.27 bits per heavy atom. The van der Waals surface area contributed by atoms with Crippen LogP contribution in [0.25, 0.3) is 0 Å². The summed E-state index contributed by atoms with van der Waals surface area (Å²) in [5.41, 5.74) is -6.34. The first-order chi connectivity index (χ1) is 10.9. The molecule has 0 aromatic heterocycles. The van der Waals surface area contributed by atoms with Crippen molar-refractivity contribution in [3.63, 3.8) is 0 Å². The Balaban J connectivity index is 0.00000625. The van der Waals surface area contributed by atoms with Gasteiger partial charge in [-0.25, -0.2) is 16.8 Å². The molecule has 0 atom stereocenters. The number of nitrogens with one attached hydrogen (secondary N) is 1. The molecule has 17 heteroatoms. The van der Waals surface area contributed by atoms with Crippen molar-refractivity contribution in [1.82, 2.24) is 4.13 Å². The molecule has 0 aliphatic rings. The van der Waals surface area contributed by atoms with Gasteiger partial charge in [-0.15, -0.1) is 0 Å². The molecule has 0 heterocycles. The zero-order chi connectivity index (χ0) is 19.9. The number of halogens is 8. The second-order valence-corrected chi connectivity index (χ2v) is 8.70. The van der Waals surface area contributed by atoms with E-state index in [0.717, 1.165) is 12.1 Å². The summed E-state index contributed by atoms with van der Waals surface area (Å²) >= 11 is 2.88. The van der Waals surface area contributed by atoms with Gasteiger partial charge in [-0.05, 0) is 24.3 Å². The van der Waals surface area contributed by atoms with E-state index in [1.165, 1.54) is 0 Å². The molecule has 0 bridgehead atoms. The molecule has 0 unspecified atom stereocenters. The van der Waals surface area contributed by atoms with Crippen molar-refractivity contribution in [2.75, 3.05) is 0 Å². The van der Waals surface area contributed by atoms with E-state index in [9.17, 15) is 47.6 Å². The molecule has 0 saturated carbocycles. The minimum atomic E-state index is -7.06. The SMILES string of the molecule is O=S(=O)(NS(=O)(=O)C(F)(F)C(F)(F)Oc1ccc(Br)cc1)C(F)(F)F.[Li+]. The predicted octanol–water partition coefficient (Wildman–Crippen LogP) is -0.213. The Labute approximate surface area is 162 Å². The predicted molar refractivity (Wildman–Crippen MR) is 71.7 cm³/mol. The molecule has 144 valence electrons. The average molecular weight is 491 g/mol. The maximum atomic E-state index is 13.5. The molecular formula is C9H5BrF7LiNO5S2+. The third kappa shape index (κ3) is 5.26. The molecule has 6 nitrogen and oxygen atoms in total. The smallest absolute Gasteiger partial charge is 0.427 e. The van der Waals surface area contributed by atoms with Crippen molar-refractivity contribution in [3.8, 4) is 5.75 Å². The summed E-state index contributed by atoms with van der Waals surface area (Å²) in [6.45, 7) is 0. The molecular weight excluding hydrogens is 486 g/mol. The van der Waals surface area contributed by atoms with Gasteiger partial charge in [-0.3, -0.25) is 0 Å². The van der Waals surface area contributed by atoms with Gasteiger partial charge in [0.05, 0.1) is 0 Å². The van der Waals surface area contributed by atoms with Crippen molar-refractivity contribution >= 4 is 36.0 Å². The number of benzene rings is 1. The molecule has 0 aliphatic carbocycles. The van der Waals surface area contributed by atoms with E-state index in [1.807, 2.05) is 0 Å². The largest absolute Gasteiger partial charge is 1.00 e. The van der Waals surface area contributed by atoms with E-state index in [1.54, 1.807) is 0 Å². The average Bonchev–Trinajstić information content (AvgIpc) is 2.38. The van der Waals surface area contributed by atoms with E-state index in [0.29, 0.717) is 16.6 Å². The van der Waals surface area contributed by atoms with Gasteiger partial charge in [-0.2, -0.15) is 30.7 Å². The number of sulfonamides is 2. The first-order valence-corrected chi connectivity index (χ1v) is 9.23. The third-order valence-corrected chi connectivity index (χ3v) is 6.07. The third-order valence-electron chi connectivity index (χ3n) is 2.26. The second kappa shape index (κ2) is 7.84. The molecule has 1 rings (SSSR count). The molecule has 0 radical (unpaired) electrons. The molecule has 0 fully saturated rings. The van der Waals surface area contributed by atoms with Crippen molar-refractivity contribution in [1.29, 1.82) is 0 Å². The van der Waals surface area contributed by atoms with Crippen LogP contribution in [0.15, 0.2) is 28.7 Å². The van der Waals surface area contributed by atoms with E-state index in [4.69, 9.17) is 0 Å². The van der Waals surface area contributed by atoms with Crippen LogP contribution in [0.1, 0.15) is 0 Å². The fraction of sp³-hybridized carbons (Fsp3) is 0.333. The van der Waals surface area contributed by atoms with Gasteiger partial charge >= 0.3 is 55.8 Å². The van der Waals surface area contributed by atoms with E-state index in [-0.39, 0.29) is 18.9 Å². The van der Waals surface area contributed by atoms with Gasteiger partial charge in [0.1, 0.15) is 5.75 Å². The summed E-state index contributed by atoms with van der Waals surface area (Å²) in [6, 6.07) is 3.51. The van der Waals surface area contributed by atoms with Crippen LogP contribution in [0, 0.1) is 0 Å². The normalized spacial score (nSPS) is 13.8. The number of hydrogen-bond donors (Lipinski definition) is 1. The summed E-state index contributed by atoms with van der Waals surface area (Å²) in [4.78, 5) is 0. The van der Waals surface area contributed by atoms with Gasteiger partial charge in [0.25, 0.3) is 0 Å². The second-order valence-electron chi connectivity index (χ2n) is 4.13. The van der Waals surface area contributed by atoms with Crippen molar-refractivity contribution in [2.45, 2.75) is 16.9 Å². The van der Waals surface area contributed by atoms with Crippen LogP contribution in [0.4, 0.5) is 30.7 Å². The van der Waals surface area contributed by atoms with Crippen molar-refractivity contribution < 1.29 is 71.2 Å². The minimum absolute atomic E-state index is 0. The topological polar surface area (TPSA) is 89.5 Å². The molecule has 0 amide bonds. The van der Waals surface area contributed by atoms with Crippen LogP contribution in [-0.2, 0) is 20.0 Å². The van der Waals surface area contributed by atoms with Crippen LogP contribution >= 0.6 is 15.9 Å². The first kappa shape index (κ1) is 25.5. The Bertz CT molecular complexity index is 842. The fourth-order valence-corrected chi connectivity index (χ4v) is 3.68. The maximum Gasteiger partial charge on any atom is 1.00 e. The van der Waals surface area contributed by atoms with Gasteiger partial charge < -0.3 is 4.74 Å². The van der Waals surface area contributed by atoms with Crippen LogP contribution in [0.2, 0.25) is 0 Å². The Kier molecular flexibility index (Phi) is 7.68. The van der Waals surface area contributed by atoms with E-state index < -0.39 is 46.8 Å². The van der Waals surface area contributed by atoms with Gasteiger partial charge in [0, 0.05) is 4.47 Å². The zero-order valence-electron chi connectivity index (χ0n) is 12.2. The Morgan fingerprint density at radius 3 is 1.65 bits per heavy atom. The van der Waals surface area contributed by atoms with Gasteiger partial charge in [-0.1, -0.05) is 20.1 Å². The fourth-order valence-electron chi connectivity index (χ4n) is 1.11. The molecule has 1 N–H and O–H groups in total. The van der Waals surface area contributed by atoms with Crippen molar-refractivity contribution in [3.05, 3.63) is 28.7 Å². The van der Waals surface area contributed by atoms with E-state index >= 15 is 0 Å². The quantitative estimate of drug-likeness (QED) is 0.440. The van der Waals surface area contributed by atoms with Gasteiger partial charge in [0.15, 0.2) is 0 Å². The molecule has 0 aliphatic heterocycles. The molecule has 1 aromatic rings. The monoisotopic (exact) mass is 490 g/mol. The number of ether oxygens (including phenoxy) is 1. The van der Waals surface area contributed by atoms with Crippen LogP contribution < -0.4 is 27.7 Å². The number of alkyl halides is 7. The van der Waals surface area contributed by atoms with Gasteiger partial charge in [0.2, 0.25) is 0 Å². The summed E-state index contributed by atoms with van der Waals surface area (Å²) in [6.07, 6.45) is -5.91.